The Labute approximate surface area is 440 Å². The zero-order valence-corrected chi connectivity index (χ0v) is 45.1. The molecule has 0 aliphatic rings. The average Bonchev–Trinajstić information content (AvgIpc) is 3.42. The molecule has 2 atom stereocenters. The normalized spacial score (nSPS) is 13.1. The minimum absolute atomic E-state index is 0.0470. The summed E-state index contributed by atoms with van der Waals surface area (Å²) in [7, 11) is -8.34. The van der Waals surface area contributed by atoms with Gasteiger partial charge in [0.15, 0.2) is 0 Å². The van der Waals surface area contributed by atoms with Crippen LogP contribution < -0.4 is 10.6 Å². The topological polar surface area (TPSA) is 183 Å². The first-order chi connectivity index (χ1) is 36.1. The molecule has 5 aromatic rings. The number of unbranched alkanes of at least 4 members (excludes halogenated alkanes) is 18. The van der Waals surface area contributed by atoms with Gasteiger partial charge in [-0.2, -0.15) is 0 Å². The molecule has 402 valence electrons. The summed E-state index contributed by atoms with van der Waals surface area (Å²) in [5.41, 5.74) is 4.51. The number of phosphoric ester groups is 2. The molecule has 74 heavy (non-hydrogen) atoms. The van der Waals surface area contributed by atoms with E-state index in [1.165, 1.54) is 0 Å². The molecular weight excluding hydrogens is 973 g/mol. The lowest BCUT2D eigenvalue weighted by molar-refractivity contribution is 0.0942. The standard InChI is InChI=1S/C59H81N3O10P2/c63-58(60-44-29-13-9-5-1-3-7-11-15-31-46-69-73(65,66)71-48-54(50-34-21-17-22-35-50)51-36-23-18-24-37-51)56-42-33-43-57(62-56)59(64)61-45-30-14-10-6-2-4-8-12-16-32-47-70-74(67,68)72-49-55(52-38-25-19-26-39-52)53-40-27-20-28-41-53/h17-28,33-43,54-55H,1-16,29-32,44-49H2,(H,60,63)(H,61,64)(H,65,66)(H,67,68). The highest BCUT2D eigenvalue weighted by Crippen LogP contribution is 2.46. The number of pyridine rings is 1. The van der Waals surface area contributed by atoms with Crippen LogP contribution in [0.25, 0.3) is 0 Å². The highest BCUT2D eigenvalue weighted by atomic mass is 31.2. The third kappa shape index (κ3) is 24.7. The second-order valence-electron chi connectivity index (χ2n) is 18.9. The molecule has 0 fully saturated rings. The van der Waals surface area contributed by atoms with Crippen LogP contribution >= 0.6 is 15.6 Å². The van der Waals surface area contributed by atoms with E-state index in [1.807, 2.05) is 121 Å². The average molecular weight is 1050 g/mol. The van der Waals surface area contributed by atoms with Gasteiger partial charge in [0, 0.05) is 24.9 Å². The lowest BCUT2D eigenvalue weighted by Crippen LogP contribution is -2.28. The van der Waals surface area contributed by atoms with Crippen molar-refractivity contribution >= 4 is 27.5 Å². The molecule has 5 rings (SSSR count). The van der Waals surface area contributed by atoms with Crippen molar-refractivity contribution in [3.63, 3.8) is 0 Å². The fourth-order valence-electron chi connectivity index (χ4n) is 8.84. The van der Waals surface area contributed by atoms with Crippen LogP contribution in [0.15, 0.2) is 140 Å². The van der Waals surface area contributed by atoms with Crippen molar-refractivity contribution in [3.05, 3.63) is 173 Å². The van der Waals surface area contributed by atoms with E-state index in [2.05, 4.69) is 15.6 Å². The second-order valence-corrected chi connectivity index (χ2v) is 21.8. The van der Waals surface area contributed by atoms with Gasteiger partial charge in [0.2, 0.25) is 0 Å². The quantitative estimate of drug-likeness (QED) is 0.0216. The van der Waals surface area contributed by atoms with Crippen molar-refractivity contribution in [2.75, 3.05) is 39.5 Å². The predicted molar refractivity (Wildman–Crippen MR) is 294 cm³/mol. The smallest absolute Gasteiger partial charge is 0.351 e. The third-order valence-electron chi connectivity index (χ3n) is 13.1. The van der Waals surface area contributed by atoms with E-state index in [1.54, 1.807) is 18.2 Å². The summed E-state index contributed by atoms with van der Waals surface area (Å²) < 4.78 is 46.7. The summed E-state index contributed by atoms with van der Waals surface area (Å²) >= 11 is 0. The van der Waals surface area contributed by atoms with Crippen LogP contribution in [-0.4, -0.2) is 66.1 Å². The van der Waals surface area contributed by atoms with Gasteiger partial charge in [0.05, 0.1) is 26.4 Å². The van der Waals surface area contributed by atoms with Gasteiger partial charge in [0.25, 0.3) is 11.8 Å². The SMILES string of the molecule is O=C(NCCCCCCCCCCCCOP(=O)(O)OCC(c1ccccc1)c1ccccc1)c1cccc(C(=O)NCCCCCCCCCCCCOP(=O)(O)OCC(c2ccccc2)c2ccccc2)n1. The van der Waals surface area contributed by atoms with Crippen LogP contribution in [0.2, 0.25) is 0 Å². The number of carbonyl (C=O) groups excluding carboxylic acids is 2. The van der Waals surface area contributed by atoms with Gasteiger partial charge < -0.3 is 20.4 Å². The predicted octanol–water partition coefficient (Wildman–Crippen LogP) is 14.3. The van der Waals surface area contributed by atoms with Crippen LogP contribution in [0, 0.1) is 0 Å². The second kappa shape index (κ2) is 35.4. The molecule has 0 aliphatic heterocycles. The van der Waals surface area contributed by atoms with Crippen LogP contribution in [0.5, 0.6) is 0 Å². The molecular formula is C59H81N3O10P2. The monoisotopic (exact) mass is 1050 g/mol. The minimum atomic E-state index is -4.17. The highest BCUT2D eigenvalue weighted by molar-refractivity contribution is 7.47. The Morgan fingerprint density at radius 1 is 0.378 bits per heavy atom. The number of nitrogens with zero attached hydrogens (tertiary/aromatic N) is 1. The van der Waals surface area contributed by atoms with Gasteiger partial charge in [0.1, 0.15) is 11.4 Å². The Balaban J connectivity index is 0.783. The fraction of sp³-hybridized carbons (Fsp3) is 0.475. The number of hydrogen-bond donors (Lipinski definition) is 4. The first kappa shape index (κ1) is 60.1. The number of phosphoric acid groups is 2. The van der Waals surface area contributed by atoms with Crippen molar-refractivity contribution in [1.82, 2.24) is 15.6 Å². The molecule has 0 saturated carbocycles. The molecule has 2 amide bonds. The van der Waals surface area contributed by atoms with Gasteiger partial charge in [-0.25, -0.2) is 14.1 Å². The molecule has 0 radical (unpaired) electrons. The number of nitrogens with one attached hydrogen (secondary N) is 2. The highest BCUT2D eigenvalue weighted by Gasteiger charge is 2.26. The van der Waals surface area contributed by atoms with Crippen LogP contribution in [-0.2, 0) is 27.2 Å². The maximum absolute atomic E-state index is 12.8. The number of amides is 2. The van der Waals surface area contributed by atoms with Gasteiger partial charge in [-0.05, 0) is 60.1 Å². The van der Waals surface area contributed by atoms with Crippen molar-refractivity contribution in [1.29, 1.82) is 0 Å². The Morgan fingerprint density at radius 3 is 0.946 bits per heavy atom. The maximum Gasteiger partial charge on any atom is 0.472 e. The van der Waals surface area contributed by atoms with Gasteiger partial charge in [-0.1, -0.05) is 230 Å². The van der Waals surface area contributed by atoms with Gasteiger partial charge in [-0.3, -0.25) is 27.7 Å². The summed E-state index contributed by atoms with van der Waals surface area (Å²) in [6.45, 7) is 1.57. The summed E-state index contributed by atoms with van der Waals surface area (Å²) in [5.74, 6) is -0.908. The first-order valence-electron chi connectivity index (χ1n) is 27.1. The van der Waals surface area contributed by atoms with Gasteiger partial charge in [-0.15, -0.1) is 0 Å². The van der Waals surface area contributed by atoms with Crippen molar-refractivity contribution in [2.24, 2.45) is 0 Å². The Morgan fingerprint density at radius 2 is 0.649 bits per heavy atom. The number of aromatic nitrogens is 1. The van der Waals surface area contributed by atoms with E-state index < -0.39 is 15.6 Å². The largest absolute Gasteiger partial charge is 0.472 e. The molecule has 0 spiro atoms. The first-order valence-corrected chi connectivity index (χ1v) is 30.1. The minimum Gasteiger partial charge on any atom is -0.351 e. The third-order valence-corrected chi connectivity index (χ3v) is 15.0. The van der Waals surface area contributed by atoms with Crippen LogP contribution in [0.3, 0.4) is 0 Å². The Hall–Kier alpha value is -4.81. The molecule has 0 aliphatic carbocycles. The number of carbonyl (C=O) groups is 2. The molecule has 15 heteroatoms. The molecule has 1 heterocycles. The van der Waals surface area contributed by atoms with E-state index in [0.717, 1.165) is 138 Å². The Kier molecular flexibility index (Phi) is 28.8. The molecule has 13 nitrogen and oxygen atoms in total. The Bertz CT molecular complexity index is 2140. The number of rotatable bonds is 40. The molecule has 0 bridgehead atoms. The van der Waals surface area contributed by atoms with E-state index in [9.17, 15) is 28.5 Å². The van der Waals surface area contributed by atoms with Crippen molar-refractivity contribution < 1.29 is 46.6 Å². The lowest BCUT2D eigenvalue weighted by atomic mass is 9.92. The zero-order chi connectivity index (χ0) is 52.4. The fourth-order valence-corrected chi connectivity index (χ4v) is 10.4. The summed E-state index contributed by atoms with van der Waals surface area (Å²) in [5, 5.41) is 5.88. The summed E-state index contributed by atoms with van der Waals surface area (Å²) in [6, 6.07) is 44.2. The van der Waals surface area contributed by atoms with Crippen LogP contribution in [0.1, 0.15) is 183 Å². The molecule has 0 saturated heterocycles. The summed E-state index contributed by atoms with van der Waals surface area (Å²) in [6.07, 6.45) is 20.4. The summed E-state index contributed by atoms with van der Waals surface area (Å²) in [4.78, 5) is 50.5. The van der Waals surface area contributed by atoms with E-state index in [4.69, 9.17) is 18.1 Å². The van der Waals surface area contributed by atoms with Crippen LogP contribution in [0.4, 0.5) is 0 Å². The van der Waals surface area contributed by atoms with E-state index >= 15 is 0 Å². The number of hydrogen-bond acceptors (Lipinski definition) is 9. The molecule has 4 N–H and O–H groups in total. The lowest BCUT2D eigenvalue weighted by Gasteiger charge is -2.20. The zero-order valence-electron chi connectivity index (χ0n) is 43.3. The molecule has 1 aromatic heterocycles. The van der Waals surface area contributed by atoms with Crippen molar-refractivity contribution in [2.45, 2.75) is 140 Å². The maximum atomic E-state index is 12.8. The molecule has 2 unspecified atom stereocenters. The van der Waals surface area contributed by atoms with E-state index in [-0.39, 0.29) is 61.5 Å². The molecule has 4 aromatic carbocycles. The number of benzene rings is 4. The van der Waals surface area contributed by atoms with Gasteiger partial charge >= 0.3 is 15.6 Å². The van der Waals surface area contributed by atoms with Crippen molar-refractivity contribution in [3.8, 4) is 0 Å². The van der Waals surface area contributed by atoms with E-state index in [0.29, 0.717) is 25.9 Å².